The summed E-state index contributed by atoms with van der Waals surface area (Å²) in [6, 6.07) is 5.99. The number of hydrogen-bond donors (Lipinski definition) is 1. The van der Waals surface area contributed by atoms with Gasteiger partial charge in [-0.15, -0.1) is 0 Å². The number of aliphatic hydroxyl groups excluding tert-OH is 1. The van der Waals surface area contributed by atoms with Crippen molar-refractivity contribution in [1.29, 1.82) is 5.26 Å². The first-order valence-corrected chi connectivity index (χ1v) is 5.96. The number of rotatable bonds is 3. The molecule has 2 rings (SSSR count). The van der Waals surface area contributed by atoms with Gasteiger partial charge in [-0.3, -0.25) is 0 Å². The molecule has 0 amide bonds. The molecule has 2 aromatic rings. The number of benzene rings is 1. The van der Waals surface area contributed by atoms with Crippen LogP contribution in [0.25, 0.3) is 0 Å². The molecule has 1 heterocycles. The molecule has 4 nitrogen and oxygen atoms in total. The summed E-state index contributed by atoms with van der Waals surface area (Å²) in [6.07, 6.45) is 1.57. The van der Waals surface area contributed by atoms with Crippen LogP contribution < -0.4 is 0 Å². The van der Waals surface area contributed by atoms with Crippen LogP contribution in [0.1, 0.15) is 11.3 Å². The van der Waals surface area contributed by atoms with Gasteiger partial charge in [0.15, 0.2) is 5.16 Å². The van der Waals surface area contributed by atoms with Gasteiger partial charge in [0.25, 0.3) is 0 Å². The predicted molar refractivity (Wildman–Crippen MR) is 64.4 cm³/mol. The van der Waals surface area contributed by atoms with Crippen molar-refractivity contribution in [3.63, 3.8) is 0 Å². The Bertz CT molecular complexity index is 618. The van der Waals surface area contributed by atoms with Crippen molar-refractivity contribution in [2.24, 2.45) is 7.05 Å². The Morgan fingerprint density at radius 2 is 2.33 bits per heavy atom. The van der Waals surface area contributed by atoms with Gasteiger partial charge in [0.2, 0.25) is 0 Å². The van der Waals surface area contributed by atoms with Gasteiger partial charge in [-0.25, -0.2) is 9.37 Å². The number of aromatic nitrogens is 2. The second-order valence-corrected chi connectivity index (χ2v) is 4.61. The molecule has 92 valence electrons. The largest absolute Gasteiger partial charge is 0.390 e. The molecule has 0 saturated carbocycles. The first-order valence-electron chi connectivity index (χ1n) is 5.14. The molecule has 1 N–H and O–H groups in total. The zero-order chi connectivity index (χ0) is 13.1. The van der Waals surface area contributed by atoms with Crippen molar-refractivity contribution in [2.45, 2.75) is 16.7 Å². The van der Waals surface area contributed by atoms with Crippen LogP contribution in [0.2, 0.25) is 0 Å². The van der Waals surface area contributed by atoms with Crippen LogP contribution in [0.3, 0.4) is 0 Å². The standard InChI is InChI=1S/C12H10FN3OS/c1-16-10(7-17)6-15-12(16)18-11-3-2-9(13)4-8(11)5-14/h2-4,6,17H,7H2,1H3. The Labute approximate surface area is 108 Å². The second-order valence-electron chi connectivity index (χ2n) is 3.60. The maximum atomic E-state index is 13.0. The Kier molecular flexibility index (Phi) is 3.65. The molecule has 0 aliphatic rings. The SMILES string of the molecule is Cn1c(CO)cnc1Sc1ccc(F)cc1C#N. The van der Waals surface area contributed by atoms with Crippen molar-refractivity contribution in [2.75, 3.05) is 0 Å². The molecule has 0 atom stereocenters. The van der Waals surface area contributed by atoms with E-state index in [2.05, 4.69) is 4.98 Å². The number of imidazole rings is 1. The third-order valence-corrected chi connectivity index (χ3v) is 3.60. The maximum absolute atomic E-state index is 13.0. The molecule has 1 aromatic heterocycles. The van der Waals surface area contributed by atoms with Crippen molar-refractivity contribution in [3.8, 4) is 6.07 Å². The van der Waals surface area contributed by atoms with E-state index in [1.807, 2.05) is 6.07 Å². The van der Waals surface area contributed by atoms with Crippen LogP contribution in [0.4, 0.5) is 4.39 Å². The molecule has 0 radical (unpaired) electrons. The van der Waals surface area contributed by atoms with E-state index in [-0.39, 0.29) is 12.2 Å². The molecular weight excluding hydrogens is 253 g/mol. The van der Waals surface area contributed by atoms with Crippen molar-refractivity contribution >= 4 is 11.8 Å². The third-order valence-electron chi connectivity index (χ3n) is 2.47. The summed E-state index contributed by atoms with van der Waals surface area (Å²) in [4.78, 5) is 4.78. The minimum absolute atomic E-state index is 0.0986. The van der Waals surface area contributed by atoms with Gasteiger partial charge in [-0.2, -0.15) is 5.26 Å². The average molecular weight is 263 g/mol. The van der Waals surface area contributed by atoms with E-state index < -0.39 is 5.82 Å². The van der Waals surface area contributed by atoms with Crippen molar-refractivity contribution in [1.82, 2.24) is 9.55 Å². The van der Waals surface area contributed by atoms with E-state index in [4.69, 9.17) is 10.4 Å². The van der Waals surface area contributed by atoms with Gasteiger partial charge >= 0.3 is 0 Å². The van der Waals surface area contributed by atoms with Gasteiger partial charge in [0, 0.05) is 11.9 Å². The van der Waals surface area contributed by atoms with Crippen LogP contribution in [0.15, 0.2) is 34.4 Å². The highest BCUT2D eigenvalue weighted by Gasteiger charge is 2.11. The van der Waals surface area contributed by atoms with Gasteiger partial charge in [0.1, 0.15) is 11.9 Å². The topological polar surface area (TPSA) is 61.8 Å². The Balaban J connectivity index is 2.34. The molecule has 1 aromatic carbocycles. The summed E-state index contributed by atoms with van der Waals surface area (Å²) < 4.78 is 14.7. The van der Waals surface area contributed by atoms with Crippen LogP contribution in [-0.4, -0.2) is 14.7 Å². The smallest absolute Gasteiger partial charge is 0.172 e. The first-order chi connectivity index (χ1) is 8.65. The van der Waals surface area contributed by atoms with Gasteiger partial charge in [-0.1, -0.05) is 11.8 Å². The summed E-state index contributed by atoms with van der Waals surface area (Å²) in [5, 5.41) is 18.6. The number of halogens is 1. The predicted octanol–water partition coefficient (Wildman–Crippen LogP) is 2.07. The van der Waals surface area contributed by atoms with Crippen LogP contribution in [0, 0.1) is 17.1 Å². The van der Waals surface area contributed by atoms with Crippen LogP contribution in [0.5, 0.6) is 0 Å². The molecule has 18 heavy (non-hydrogen) atoms. The number of hydrogen-bond acceptors (Lipinski definition) is 4. The highest BCUT2D eigenvalue weighted by molar-refractivity contribution is 7.99. The molecule has 0 spiro atoms. The molecule has 0 aliphatic carbocycles. The van der Waals surface area contributed by atoms with Gasteiger partial charge in [0.05, 0.1) is 24.1 Å². The molecular formula is C12H10FN3OS. The Morgan fingerprint density at radius 1 is 1.56 bits per heavy atom. The molecule has 0 fully saturated rings. The van der Waals surface area contributed by atoms with Crippen molar-refractivity contribution in [3.05, 3.63) is 41.5 Å². The van der Waals surface area contributed by atoms with Crippen LogP contribution in [-0.2, 0) is 13.7 Å². The van der Waals surface area contributed by atoms with Gasteiger partial charge < -0.3 is 9.67 Å². The molecule has 6 heteroatoms. The third kappa shape index (κ3) is 2.37. The molecule has 0 saturated heterocycles. The normalized spacial score (nSPS) is 10.3. The summed E-state index contributed by atoms with van der Waals surface area (Å²) in [5.74, 6) is -0.438. The summed E-state index contributed by atoms with van der Waals surface area (Å²) in [6.45, 7) is -0.0986. The first kappa shape index (κ1) is 12.6. The summed E-state index contributed by atoms with van der Waals surface area (Å²) in [7, 11) is 1.77. The fourth-order valence-corrected chi connectivity index (χ4v) is 2.35. The van der Waals surface area contributed by atoms with E-state index in [1.165, 1.54) is 23.9 Å². The lowest BCUT2D eigenvalue weighted by molar-refractivity contribution is 0.271. The fourth-order valence-electron chi connectivity index (χ4n) is 1.44. The molecule has 0 unspecified atom stereocenters. The summed E-state index contributed by atoms with van der Waals surface area (Å²) in [5.41, 5.74) is 0.951. The minimum atomic E-state index is -0.438. The fraction of sp³-hybridized carbons (Fsp3) is 0.167. The van der Waals surface area contributed by atoms with E-state index in [1.54, 1.807) is 23.9 Å². The van der Waals surface area contributed by atoms with Crippen LogP contribution >= 0.6 is 11.8 Å². The lowest BCUT2D eigenvalue weighted by Gasteiger charge is -2.05. The highest BCUT2D eigenvalue weighted by atomic mass is 32.2. The average Bonchev–Trinajstić information content (AvgIpc) is 2.72. The second kappa shape index (κ2) is 5.21. The van der Waals surface area contributed by atoms with Crippen molar-refractivity contribution < 1.29 is 9.50 Å². The number of nitriles is 1. The zero-order valence-corrected chi connectivity index (χ0v) is 10.4. The lowest BCUT2D eigenvalue weighted by atomic mass is 10.2. The molecule has 0 bridgehead atoms. The lowest BCUT2D eigenvalue weighted by Crippen LogP contribution is -1.97. The zero-order valence-electron chi connectivity index (χ0n) is 9.59. The number of nitrogens with zero attached hydrogens (tertiary/aromatic N) is 3. The van der Waals surface area contributed by atoms with Gasteiger partial charge in [-0.05, 0) is 18.2 Å². The van der Waals surface area contributed by atoms with E-state index in [0.29, 0.717) is 15.7 Å². The number of aliphatic hydroxyl groups is 1. The monoisotopic (exact) mass is 263 g/mol. The van der Waals surface area contributed by atoms with E-state index >= 15 is 0 Å². The minimum Gasteiger partial charge on any atom is -0.390 e. The Hall–Kier alpha value is -1.84. The Morgan fingerprint density at radius 3 is 2.94 bits per heavy atom. The van der Waals surface area contributed by atoms with E-state index in [0.717, 1.165) is 0 Å². The molecule has 0 aliphatic heterocycles. The highest BCUT2D eigenvalue weighted by Crippen LogP contribution is 2.29. The van der Waals surface area contributed by atoms with E-state index in [9.17, 15) is 4.39 Å². The quantitative estimate of drug-likeness (QED) is 0.921. The summed E-state index contributed by atoms with van der Waals surface area (Å²) >= 11 is 1.26. The maximum Gasteiger partial charge on any atom is 0.172 e.